The summed E-state index contributed by atoms with van der Waals surface area (Å²) in [5, 5.41) is 4.51. The van der Waals surface area contributed by atoms with Gasteiger partial charge in [-0.1, -0.05) is 31.5 Å². The third-order valence-corrected chi connectivity index (χ3v) is 5.97. The standard InChI is InChI=1S/C21H25ClN4O3S/c1-13(2)12-26(30(4,28)29)18-7-5-6-17(10-18)24-14(3)19-9-15-8-16(22)11-23-20(15)25-21(19)27/h5-11,13-14,24H,12H2,1-4H3,(H,23,25,27)/t14-/m0/s1. The van der Waals surface area contributed by atoms with Gasteiger partial charge in [-0.3, -0.25) is 9.10 Å². The van der Waals surface area contributed by atoms with Crippen molar-refractivity contribution in [3.05, 3.63) is 63.5 Å². The number of anilines is 2. The van der Waals surface area contributed by atoms with E-state index in [1.54, 1.807) is 30.3 Å². The van der Waals surface area contributed by atoms with Gasteiger partial charge in [0.25, 0.3) is 5.56 Å². The van der Waals surface area contributed by atoms with Gasteiger partial charge in [0.2, 0.25) is 10.0 Å². The minimum Gasteiger partial charge on any atom is -0.378 e. The summed E-state index contributed by atoms with van der Waals surface area (Å²) in [6, 6.07) is 10.3. The second-order valence-electron chi connectivity index (χ2n) is 7.75. The van der Waals surface area contributed by atoms with Crippen LogP contribution in [-0.2, 0) is 10.0 Å². The van der Waals surface area contributed by atoms with Crippen LogP contribution < -0.4 is 15.2 Å². The summed E-state index contributed by atoms with van der Waals surface area (Å²) in [6.07, 6.45) is 2.68. The number of aromatic nitrogens is 2. The average molecular weight is 449 g/mol. The van der Waals surface area contributed by atoms with Crippen molar-refractivity contribution in [2.45, 2.75) is 26.8 Å². The molecule has 30 heavy (non-hydrogen) atoms. The van der Waals surface area contributed by atoms with Crippen LogP contribution in [0.5, 0.6) is 0 Å². The van der Waals surface area contributed by atoms with E-state index < -0.39 is 10.0 Å². The maximum absolute atomic E-state index is 12.5. The van der Waals surface area contributed by atoms with Crippen molar-refractivity contribution >= 4 is 44.0 Å². The van der Waals surface area contributed by atoms with E-state index >= 15 is 0 Å². The molecule has 0 saturated carbocycles. The number of nitrogens with one attached hydrogen (secondary N) is 2. The van der Waals surface area contributed by atoms with E-state index in [2.05, 4.69) is 15.3 Å². The van der Waals surface area contributed by atoms with Gasteiger partial charge < -0.3 is 10.3 Å². The van der Waals surface area contributed by atoms with Crippen molar-refractivity contribution in [2.75, 3.05) is 22.4 Å². The van der Waals surface area contributed by atoms with Crippen LogP contribution in [0.15, 0.2) is 47.4 Å². The number of sulfonamides is 1. The Balaban J connectivity index is 1.91. The van der Waals surface area contributed by atoms with Gasteiger partial charge in [-0.25, -0.2) is 13.4 Å². The molecule has 0 unspecified atom stereocenters. The fraction of sp³-hybridized carbons (Fsp3) is 0.333. The van der Waals surface area contributed by atoms with E-state index in [0.29, 0.717) is 34.2 Å². The Bertz CT molecular complexity index is 1220. The van der Waals surface area contributed by atoms with E-state index in [9.17, 15) is 13.2 Å². The Kier molecular flexibility index (Phi) is 6.38. The molecule has 0 aliphatic rings. The second kappa shape index (κ2) is 8.65. The highest BCUT2D eigenvalue weighted by atomic mass is 35.5. The van der Waals surface area contributed by atoms with Gasteiger partial charge >= 0.3 is 0 Å². The zero-order valence-corrected chi connectivity index (χ0v) is 18.9. The number of hydrogen-bond acceptors (Lipinski definition) is 5. The summed E-state index contributed by atoms with van der Waals surface area (Å²) in [5.41, 5.74) is 2.04. The normalized spacial score (nSPS) is 12.9. The Labute approximate surface area is 181 Å². The zero-order chi connectivity index (χ0) is 22.1. The number of aromatic amines is 1. The third-order valence-electron chi connectivity index (χ3n) is 4.60. The highest BCUT2D eigenvalue weighted by molar-refractivity contribution is 7.92. The minimum absolute atomic E-state index is 0.173. The third kappa shape index (κ3) is 5.12. The van der Waals surface area contributed by atoms with Gasteiger partial charge in [-0.15, -0.1) is 0 Å². The van der Waals surface area contributed by atoms with Crippen molar-refractivity contribution in [3.63, 3.8) is 0 Å². The van der Waals surface area contributed by atoms with E-state index in [1.807, 2.05) is 26.8 Å². The maximum atomic E-state index is 12.5. The number of rotatable bonds is 7. The molecule has 0 aliphatic heterocycles. The van der Waals surface area contributed by atoms with E-state index in [-0.39, 0.29) is 17.5 Å². The van der Waals surface area contributed by atoms with Crippen LogP contribution in [0.25, 0.3) is 11.0 Å². The average Bonchev–Trinajstić information content (AvgIpc) is 2.65. The summed E-state index contributed by atoms with van der Waals surface area (Å²) in [6.45, 7) is 6.18. The Morgan fingerprint density at radius 2 is 1.93 bits per heavy atom. The number of pyridine rings is 2. The molecule has 7 nitrogen and oxygen atoms in total. The number of benzene rings is 1. The van der Waals surface area contributed by atoms with Crippen LogP contribution in [-0.4, -0.2) is 31.2 Å². The van der Waals surface area contributed by atoms with Crippen molar-refractivity contribution in [2.24, 2.45) is 5.92 Å². The summed E-state index contributed by atoms with van der Waals surface area (Å²) in [5.74, 6) is 0.173. The molecule has 0 saturated heterocycles. The molecule has 0 spiro atoms. The van der Waals surface area contributed by atoms with Crippen LogP contribution in [0.1, 0.15) is 32.4 Å². The molecule has 1 aromatic carbocycles. The molecule has 160 valence electrons. The van der Waals surface area contributed by atoms with Gasteiger partial charge in [-0.05, 0) is 43.2 Å². The molecule has 2 N–H and O–H groups in total. The van der Waals surface area contributed by atoms with E-state index in [0.717, 1.165) is 5.39 Å². The maximum Gasteiger partial charge on any atom is 0.254 e. The molecule has 1 atom stereocenters. The Morgan fingerprint density at radius 1 is 1.20 bits per heavy atom. The number of H-pyrrole nitrogens is 1. The lowest BCUT2D eigenvalue weighted by molar-refractivity contribution is 0.583. The number of nitrogens with zero attached hydrogens (tertiary/aromatic N) is 2. The minimum atomic E-state index is -3.41. The fourth-order valence-electron chi connectivity index (χ4n) is 3.25. The molecular formula is C21H25ClN4O3S. The first-order chi connectivity index (χ1) is 14.0. The van der Waals surface area contributed by atoms with Crippen LogP contribution in [0, 0.1) is 5.92 Å². The smallest absolute Gasteiger partial charge is 0.254 e. The molecule has 3 aromatic rings. The second-order valence-corrected chi connectivity index (χ2v) is 10.1. The van der Waals surface area contributed by atoms with E-state index in [4.69, 9.17) is 11.6 Å². The first kappa shape index (κ1) is 22.1. The topological polar surface area (TPSA) is 95.2 Å². The molecule has 2 aromatic heterocycles. The van der Waals surface area contributed by atoms with Gasteiger partial charge in [0.05, 0.1) is 23.0 Å². The molecule has 0 bridgehead atoms. The van der Waals surface area contributed by atoms with Crippen molar-refractivity contribution in [1.82, 2.24) is 9.97 Å². The number of halogens is 1. The van der Waals surface area contributed by atoms with Gasteiger partial charge in [0.15, 0.2) is 0 Å². The molecule has 0 radical (unpaired) electrons. The monoisotopic (exact) mass is 448 g/mol. The summed E-state index contributed by atoms with van der Waals surface area (Å²) < 4.78 is 25.9. The Morgan fingerprint density at radius 3 is 2.60 bits per heavy atom. The fourth-order valence-corrected chi connectivity index (χ4v) is 4.48. The van der Waals surface area contributed by atoms with Crippen LogP contribution in [0.2, 0.25) is 5.02 Å². The molecule has 0 amide bonds. The highest BCUT2D eigenvalue weighted by Crippen LogP contribution is 2.26. The highest BCUT2D eigenvalue weighted by Gasteiger charge is 2.19. The number of fused-ring (bicyclic) bond motifs is 1. The summed E-state index contributed by atoms with van der Waals surface area (Å²) >= 11 is 6.02. The molecule has 0 aliphatic carbocycles. The molecule has 2 heterocycles. The van der Waals surface area contributed by atoms with Gasteiger partial charge in [-0.2, -0.15) is 0 Å². The predicted molar refractivity (Wildman–Crippen MR) is 123 cm³/mol. The van der Waals surface area contributed by atoms with Crippen LogP contribution in [0.4, 0.5) is 11.4 Å². The SMILES string of the molecule is CC(C)CN(c1cccc(N[C@@H](C)c2cc3cc(Cl)cnc3[nH]c2=O)c1)S(C)(=O)=O. The first-order valence-electron chi connectivity index (χ1n) is 9.57. The molecule has 0 fully saturated rings. The van der Waals surface area contributed by atoms with Crippen LogP contribution in [0.3, 0.4) is 0 Å². The van der Waals surface area contributed by atoms with Gasteiger partial charge in [0, 0.05) is 29.4 Å². The summed E-state index contributed by atoms with van der Waals surface area (Å²) in [7, 11) is -3.41. The molecule has 9 heteroatoms. The molecule has 3 rings (SSSR count). The lowest BCUT2D eigenvalue weighted by atomic mass is 10.1. The zero-order valence-electron chi connectivity index (χ0n) is 17.3. The number of hydrogen-bond donors (Lipinski definition) is 2. The first-order valence-corrected chi connectivity index (χ1v) is 11.8. The van der Waals surface area contributed by atoms with E-state index in [1.165, 1.54) is 16.8 Å². The Hall–Kier alpha value is -2.58. The van der Waals surface area contributed by atoms with Crippen molar-refractivity contribution < 1.29 is 8.42 Å². The summed E-state index contributed by atoms with van der Waals surface area (Å²) in [4.78, 5) is 19.4. The quantitative estimate of drug-likeness (QED) is 0.565. The van der Waals surface area contributed by atoms with Crippen LogP contribution >= 0.6 is 11.6 Å². The lowest BCUT2D eigenvalue weighted by Crippen LogP contribution is -2.33. The molecular weight excluding hydrogens is 424 g/mol. The van der Waals surface area contributed by atoms with Gasteiger partial charge in [0.1, 0.15) is 5.65 Å². The lowest BCUT2D eigenvalue weighted by Gasteiger charge is -2.25. The van der Waals surface area contributed by atoms with Crippen molar-refractivity contribution in [1.29, 1.82) is 0 Å². The predicted octanol–water partition coefficient (Wildman–Crippen LogP) is 4.17. The van der Waals surface area contributed by atoms with Crippen molar-refractivity contribution in [3.8, 4) is 0 Å². The largest absolute Gasteiger partial charge is 0.378 e.